The molecule has 15 heavy (non-hydrogen) atoms. The van der Waals surface area contributed by atoms with E-state index in [1.165, 1.54) is 5.56 Å². The predicted molar refractivity (Wildman–Crippen MR) is 61.6 cm³/mol. The molecule has 0 bridgehead atoms. The Morgan fingerprint density at radius 1 is 1.47 bits per heavy atom. The zero-order valence-corrected chi connectivity index (χ0v) is 10.00. The molecular formula is C12H13BrO2. The summed E-state index contributed by atoms with van der Waals surface area (Å²) in [7, 11) is 0. The van der Waals surface area contributed by atoms with Crippen molar-refractivity contribution in [2.24, 2.45) is 0 Å². The summed E-state index contributed by atoms with van der Waals surface area (Å²) in [5.74, 6) is -0.0544. The van der Waals surface area contributed by atoms with Gasteiger partial charge in [-0.15, -0.1) is 0 Å². The van der Waals surface area contributed by atoms with E-state index in [4.69, 9.17) is 4.74 Å². The highest BCUT2D eigenvalue weighted by atomic mass is 79.9. The van der Waals surface area contributed by atoms with Gasteiger partial charge in [0, 0.05) is 17.3 Å². The molecule has 1 atom stereocenters. The topological polar surface area (TPSA) is 26.3 Å². The lowest BCUT2D eigenvalue weighted by Crippen LogP contribution is -2.25. The molecule has 1 heterocycles. The molecule has 1 aromatic carbocycles. The zero-order chi connectivity index (χ0) is 10.7. The van der Waals surface area contributed by atoms with Gasteiger partial charge in [0.1, 0.15) is 6.10 Å². The van der Waals surface area contributed by atoms with E-state index < -0.39 is 0 Å². The maximum atomic E-state index is 11.1. The van der Waals surface area contributed by atoms with Gasteiger partial charge in [0.05, 0.1) is 0 Å². The first-order valence-corrected chi connectivity index (χ1v) is 5.97. The van der Waals surface area contributed by atoms with Crippen molar-refractivity contribution in [3.63, 3.8) is 0 Å². The Bertz CT molecular complexity index is 362. The van der Waals surface area contributed by atoms with Gasteiger partial charge >= 0.3 is 5.97 Å². The normalized spacial score (nSPS) is 21.1. The largest absolute Gasteiger partial charge is 0.462 e. The maximum absolute atomic E-state index is 11.1. The molecule has 1 aliphatic rings. The smallest absolute Gasteiger partial charge is 0.306 e. The van der Waals surface area contributed by atoms with Crippen molar-refractivity contribution in [2.75, 3.05) is 0 Å². The van der Waals surface area contributed by atoms with Crippen LogP contribution in [0.3, 0.4) is 0 Å². The molecule has 1 aliphatic heterocycles. The molecule has 0 N–H and O–H groups in total. The highest BCUT2D eigenvalue weighted by Gasteiger charge is 2.20. The molecule has 1 saturated heterocycles. The summed E-state index contributed by atoms with van der Waals surface area (Å²) in [5, 5.41) is 0. The summed E-state index contributed by atoms with van der Waals surface area (Å²) in [5.41, 5.74) is 1.21. The van der Waals surface area contributed by atoms with Crippen LogP contribution in [0.4, 0.5) is 0 Å². The number of benzene rings is 1. The Morgan fingerprint density at radius 3 is 3.07 bits per heavy atom. The lowest BCUT2D eigenvalue weighted by atomic mass is 10.0. The number of rotatable bonds is 2. The van der Waals surface area contributed by atoms with Gasteiger partial charge in [-0.2, -0.15) is 0 Å². The highest BCUT2D eigenvalue weighted by Crippen LogP contribution is 2.20. The van der Waals surface area contributed by atoms with Crippen LogP contribution in [0.25, 0.3) is 0 Å². The van der Waals surface area contributed by atoms with E-state index in [1.54, 1.807) is 0 Å². The first kappa shape index (κ1) is 10.7. The minimum Gasteiger partial charge on any atom is -0.462 e. The second-order valence-electron chi connectivity index (χ2n) is 3.84. The van der Waals surface area contributed by atoms with E-state index >= 15 is 0 Å². The van der Waals surface area contributed by atoms with Gasteiger partial charge in [-0.05, 0) is 30.5 Å². The van der Waals surface area contributed by atoms with Crippen molar-refractivity contribution in [1.29, 1.82) is 0 Å². The van der Waals surface area contributed by atoms with Gasteiger partial charge < -0.3 is 4.74 Å². The minimum absolute atomic E-state index is 0.0544. The van der Waals surface area contributed by atoms with Crippen LogP contribution in [0.2, 0.25) is 0 Å². The lowest BCUT2D eigenvalue weighted by Gasteiger charge is -2.22. The Kier molecular flexibility index (Phi) is 3.41. The highest BCUT2D eigenvalue weighted by molar-refractivity contribution is 9.10. The Morgan fingerprint density at radius 2 is 2.33 bits per heavy atom. The molecule has 0 aliphatic carbocycles. The van der Waals surface area contributed by atoms with Gasteiger partial charge in [0.15, 0.2) is 0 Å². The molecule has 1 aromatic rings. The van der Waals surface area contributed by atoms with Crippen LogP contribution in [0.15, 0.2) is 28.7 Å². The van der Waals surface area contributed by atoms with Crippen molar-refractivity contribution in [3.8, 4) is 0 Å². The maximum Gasteiger partial charge on any atom is 0.306 e. The number of hydrogen-bond donors (Lipinski definition) is 0. The zero-order valence-electron chi connectivity index (χ0n) is 8.41. The number of esters is 1. The van der Waals surface area contributed by atoms with Crippen LogP contribution < -0.4 is 0 Å². The van der Waals surface area contributed by atoms with Gasteiger partial charge in [-0.25, -0.2) is 0 Å². The molecule has 2 rings (SSSR count). The SMILES string of the molecule is O=C1CCCC(Cc2cccc(Br)c2)O1. The van der Waals surface area contributed by atoms with Crippen LogP contribution in [0.5, 0.6) is 0 Å². The minimum atomic E-state index is -0.0544. The monoisotopic (exact) mass is 268 g/mol. The second-order valence-corrected chi connectivity index (χ2v) is 4.75. The van der Waals surface area contributed by atoms with Crippen LogP contribution in [-0.4, -0.2) is 12.1 Å². The fourth-order valence-corrected chi connectivity index (χ4v) is 2.30. The molecule has 80 valence electrons. The molecular weight excluding hydrogens is 256 g/mol. The van der Waals surface area contributed by atoms with Crippen molar-refractivity contribution in [1.82, 2.24) is 0 Å². The van der Waals surface area contributed by atoms with Crippen LogP contribution in [0, 0.1) is 0 Å². The van der Waals surface area contributed by atoms with Gasteiger partial charge in [-0.3, -0.25) is 4.79 Å². The number of cyclic esters (lactones) is 1. The number of carbonyl (C=O) groups is 1. The van der Waals surface area contributed by atoms with E-state index in [0.717, 1.165) is 23.7 Å². The van der Waals surface area contributed by atoms with Crippen molar-refractivity contribution < 1.29 is 9.53 Å². The molecule has 3 heteroatoms. The fourth-order valence-electron chi connectivity index (χ4n) is 1.85. The van der Waals surface area contributed by atoms with E-state index in [9.17, 15) is 4.79 Å². The van der Waals surface area contributed by atoms with Crippen molar-refractivity contribution in [3.05, 3.63) is 34.3 Å². The Balaban J connectivity index is 1.99. The number of carbonyl (C=O) groups excluding carboxylic acids is 1. The second kappa shape index (κ2) is 4.79. The van der Waals surface area contributed by atoms with Crippen LogP contribution in [0.1, 0.15) is 24.8 Å². The molecule has 1 unspecified atom stereocenters. The van der Waals surface area contributed by atoms with Gasteiger partial charge in [-0.1, -0.05) is 28.1 Å². The van der Waals surface area contributed by atoms with E-state index in [0.29, 0.717) is 6.42 Å². The number of hydrogen-bond acceptors (Lipinski definition) is 2. The summed E-state index contributed by atoms with van der Waals surface area (Å²) >= 11 is 3.43. The molecule has 0 aromatic heterocycles. The number of ether oxygens (including phenoxy) is 1. The molecule has 1 fully saturated rings. The Hall–Kier alpha value is -0.830. The summed E-state index contributed by atoms with van der Waals surface area (Å²) in [6.07, 6.45) is 3.41. The summed E-state index contributed by atoms with van der Waals surface area (Å²) in [4.78, 5) is 11.1. The first-order chi connectivity index (χ1) is 7.24. The third kappa shape index (κ3) is 3.06. The van der Waals surface area contributed by atoms with E-state index in [2.05, 4.69) is 28.1 Å². The third-order valence-electron chi connectivity index (χ3n) is 2.56. The molecule has 0 amide bonds. The summed E-state index contributed by atoms with van der Waals surface area (Å²) in [6.45, 7) is 0. The Labute approximate surface area is 97.8 Å². The summed E-state index contributed by atoms with van der Waals surface area (Å²) < 4.78 is 6.35. The predicted octanol–water partition coefficient (Wildman–Crippen LogP) is 3.09. The standard InChI is InChI=1S/C12H13BrO2/c13-10-4-1-3-9(7-10)8-11-5-2-6-12(14)15-11/h1,3-4,7,11H,2,5-6,8H2. The fraction of sp³-hybridized carbons (Fsp3) is 0.417. The average Bonchev–Trinajstić information content (AvgIpc) is 2.17. The first-order valence-electron chi connectivity index (χ1n) is 5.18. The van der Waals surface area contributed by atoms with Crippen molar-refractivity contribution >= 4 is 21.9 Å². The van der Waals surface area contributed by atoms with Crippen LogP contribution in [-0.2, 0) is 16.0 Å². The van der Waals surface area contributed by atoms with E-state index in [-0.39, 0.29) is 12.1 Å². The van der Waals surface area contributed by atoms with Gasteiger partial charge in [0.2, 0.25) is 0 Å². The molecule has 2 nitrogen and oxygen atoms in total. The third-order valence-corrected chi connectivity index (χ3v) is 3.05. The lowest BCUT2D eigenvalue weighted by molar-refractivity contribution is -0.153. The molecule has 0 saturated carbocycles. The molecule has 0 spiro atoms. The van der Waals surface area contributed by atoms with Crippen LogP contribution >= 0.6 is 15.9 Å². The summed E-state index contributed by atoms with van der Waals surface area (Å²) in [6, 6.07) is 8.14. The quantitative estimate of drug-likeness (QED) is 0.771. The van der Waals surface area contributed by atoms with Crippen molar-refractivity contribution in [2.45, 2.75) is 31.8 Å². The molecule has 0 radical (unpaired) electrons. The average molecular weight is 269 g/mol. The number of halogens is 1. The van der Waals surface area contributed by atoms with E-state index in [1.807, 2.05) is 12.1 Å². The van der Waals surface area contributed by atoms with Gasteiger partial charge in [0.25, 0.3) is 0 Å².